The summed E-state index contributed by atoms with van der Waals surface area (Å²) in [6, 6.07) is 10.2. The number of hydrogen-bond donors (Lipinski definition) is 0. The van der Waals surface area contributed by atoms with Crippen molar-refractivity contribution in [1.82, 2.24) is 0 Å². The van der Waals surface area contributed by atoms with E-state index in [4.69, 9.17) is 4.84 Å². The van der Waals surface area contributed by atoms with Gasteiger partial charge in [-0.2, -0.15) is 0 Å². The van der Waals surface area contributed by atoms with Gasteiger partial charge in [-0.05, 0) is 24.8 Å². The molecule has 1 aromatic carbocycles. The van der Waals surface area contributed by atoms with Crippen LogP contribution < -0.4 is 0 Å². The molecular formula is C15H23NO. The van der Waals surface area contributed by atoms with E-state index in [0.717, 1.165) is 12.8 Å². The first-order valence-electron chi connectivity index (χ1n) is 6.58. The maximum Gasteiger partial charge on any atom is 0.142 e. The van der Waals surface area contributed by atoms with Gasteiger partial charge in [0, 0.05) is 0 Å². The predicted octanol–water partition coefficient (Wildman–Crippen LogP) is 4.55. The van der Waals surface area contributed by atoms with Crippen LogP contribution in [0.1, 0.15) is 51.5 Å². The van der Waals surface area contributed by atoms with E-state index in [-0.39, 0.29) is 0 Å². The van der Waals surface area contributed by atoms with Crippen LogP contribution in [-0.2, 0) is 11.4 Å². The average molecular weight is 233 g/mol. The molecule has 0 heterocycles. The van der Waals surface area contributed by atoms with Crippen LogP contribution in [0.5, 0.6) is 0 Å². The molecule has 1 aromatic rings. The van der Waals surface area contributed by atoms with E-state index in [1.165, 1.54) is 30.5 Å². The first-order chi connectivity index (χ1) is 8.36. The molecule has 0 spiro atoms. The normalized spacial score (nSPS) is 11.5. The van der Waals surface area contributed by atoms with Crippen LogP contribution in [-0.4, -0.2) is 5.71 Å². The Labute approximate surface area is 105 Å². The zero-order chi connectivity index (χ0) is 12.3. The molecule has 0 saturated heterocycles. The van der Waals surface area contributed by atoms with E-state index in [2.05, 4.69) is 31.1 Å². The lowest BCUT2D eigenvalue weighted by Gasteiger charge is -2.04. The van der Waals surface area contributed by atoms with Gasteiger partial charge in [0.05, 0.1) is 5.71 Å². The molecule has 17 heavy (non-hydrogen) atoms. The second kappa shape index (κ2) is 8.80. The van der Waals surface area contributed by atoms with Crippen LogP contribution >= 0.6 is 0 Å². The van der Waals surface area contributed by atoms with Crippen molar-refractivity contribution in [2.75, 3.05) is 0 Å². The lowest BCUT2D eigenvalue weighted by molar-refractivity contribution is 0.129. The molecule has 1 rings (SSSR count). The zero-order valence-electron chi connectivity index (χ0n) is 11.0. The Balaban J connectivity index is 2.29. The topological polar surface area (TPSA) is 21.6 Å². The van der Waals surface area contributed by atoms with Crippen LogP contribution in [0.2, 0.25) is 0 Å². The Morgan fingerprint density at radius 2 is 1.88 bits per heavy atom. The molecule has 0 amide bonds. The molecule has 0 saturated carbocycles. The van der Waals surface area contributed by atoms with Crippen LogP contribution in [0.3, 0.4) is 0 Å². The van der Waals surface area contributed by atoms with E-state index < -0.39 is 0 Å². The molecule has 0 aliphatic carbocycles. The first kappa shape index (κ1) is 13.8. The fourth-order valence-electron chi connectivity index (χ4n) is 1.64. The standard InChI is InChI=1S/C15H23NO/c1-3-5-7-12-15(4-2)16-17-13-14-10-8-6-9-11-14/h6,8-11H,3-5,7,12-13H2,1-2H3/b16-15+. The van der Waals surface area contributed by atoms with Gasteiger partial charge in [-0.3, -0.25) is 0 Å². The zero-order valence-corrected chi connectivity index (χ0v) is 11.0. The van der Waals surface area contributed by atoms with Gasteiger partial charge in [-0.1, -0.05) is 62.2 Å². The second-order valence-corrected chi connectivity index (χ2v) is 4.23. The maximum atomic E-state index is 5.39. The van der Waals surface area contributed by atoms with Crippen LogP contribution in [0.4, 0.5) is 0 Å². The summed E-state index contributed by atoms with van der Waals surface area (Å²) in [4.78, 5) is 5.39. The largest absolute Gasteiger partial charge is 0.391 e. The van der Waals surface area contributed by atoms with Crippen LogP contribution in [0.25, 0.3) is 0 Å². The molecule has 0 aliphatic heterocycles. The third kappa shape index (κ3) is 6.10. The molecule has 0 N–H and O–H groups in total. The van der Waals surface area contributed by atoms with Crippen molar-refractivity contribution < 1.29 is 4.84 Å². The molecule has 0 fully saturated rings. The Kier molecular flexibility index (Phi) is 7.12. The van der Waals surface area contributed by atoms with Gasteiger partial charge < -0.3 is 4.84 Å². The maximum absolute atomic E-state index is 5.39. The third-order valence-corrected chi connectivity index (χ3v) is 2.74. The monoisotopic (exact) mass is 233 g/mol. The molecule has 0 atom stereocenters. The fourth-order valence-corrected chi connectivity index (χ4v) is 1.64. The summed E-state index contributed by atoms with van der Waals surface area (Å²) in [5, 5.41) is 4.23. The molecule has 94 valence electrons. The quantitative estimate of drug-likeness (QED) is 0.367. The molecule has 2 heteroatoms. The van der Waals surface area contributed by atoms with Gasteiger partial charge >= 0.3 is 0 Å². The van der Waals surface area contributed by atoms with Gasteiger partial charge in [-0.25, -0.2) is 0 Å². The number of unbranched alkanes of at least 4 members (excludes halogenated alkanes) is 2. The van der Waals surface area contributed by atoms with E-state index >= 15 is 0 Å². The minimum Gasteiger partial charge on any atom is -0.391 e. The summed E-state index contributed by atoms with van der Waals surface area (Å²) >= 11 is 0. The molecule has 0 bridgehead atoms. The fraction of sp³-hybridized carbons (Fsp3) is 0.533. The minimum absolute atomic E-state index is 0.568. The number of oxime groups is 1. The van der Waals surface area contributed by atoms with E-state index in [9.17, 15) is 0 Å². The van der Waals surface area contributed by atoms with Gasteiger partial charge in [-0.15, -0.1) is 0 Å². The van der Waals surface area contributed by atoms with Crippen molar-refractivity contribution in [2.45, 2.75) is 52.6 Å². The molecule has 0 aromatic heterocycles. The SMILES string of the molecule is CCCCC/C(CC)=N/OCc1ccccc1. The summed E-state index contributed by atoms with van der Waals surface area (Å²) in [6.07, 6.45) is 5.80. The highest BCUT2D eigenvalue weighted by Crippen LogP contribution is 2.05. The number of hydrogen-bond acceptors (Lipinski definition) is 2. The summed E-state index contributed by atoms with van der Waals surface area (Å²) in [5.41, 5.74) is 2.34. The molecule has 2 nitrogen and oxygen atoms in total. The van der Waals surface area contributed by atoms with Crippen molar-refractivity contribution in [3.8, 4) is 0 Å². The molecule has 0 radical (unpaired) electrons. The highest BCUT2D eigenvalue weighted by molar-refractivity contribution is 5.83. The number of rotatable bonds is 8. The highest BCUT2D eigenvalue weighted by Gasteiger charge is 1.97. The van der Waals surface area contributed by atoms with E-state index in [1.807, 2.05) is 18.2 Å². The highest BCUT2D eigenvalue weighted by atomic mass is 16.6. The summed E-state index contributed by atoms with van der Waals surface area (Å²) < 4.78 is 0. The van der Waals surface area contributed by atoms with Crippen molar-refractivity contribution >= 4 is 5.71 Å². The summed E-state index contributed by atoms with van der Waals surface area (Å²) in [7, 11) is 0. The van der Waals surface area contributed by atoms with Crippen molar-refractivity contribution in [3.05, 3.63) is 35.9 Å². The van der Waals surface area contributed by atoms with Gasteiger partial charge in [0.15, 0.2) is 0 Å². The lowest BCUT2D eigenvalue weighted by atomic mass is 10.1. The number of nitrogens with zero attached hydrogens (tertiary/aromatic N) is 1. The lowest BCUT2D eigenvalue weighted by Crippen LogP contribution is -1.98. The summed E-state index contributed by atoms with van der Waals surface area (Å²) in [6.45, 7) is 4.92. The molecule has 0 aliphatic rings. The Morgan fingerprint density at radius 3 is 2.53 bits per heavy atom. The third-order valence-electron chi connectivity index (χ3n) is 2.74. The van der Waals surface area contributed by atoms with Crippen LogP contribution in [0, 0.1) is 0 Å². The van der Waals surface area contributed by atoms with Crippen molar-refractivity contribution in [3.63, 3.8) is 0 Å². The van der Waals surface area contributed by atoms with Gasteiger partial charge in [0.25, 0.3) is 0 Å². The predicted molar refractivity (Wildman–Crippen MR) is 73.1 cm³/mol. The van der Waals surface area contributed by atoms with Crippen molar-refractivity contribution in [2.24, 2.45) is 5.16 Å². The van der Waals surface area contributed by atoms with Crippen molar-refractivity contribution in [1.29, 1.82) is 0 Å². The molecule has 0 unspecified atom stereocenters. The smallest absolute Gasteiger partial charge is 0.142 e. The molecular weight excluding hydrogens is 210 g/mol. The minimum atomic E-state index is 0.568. The summed E-state index contributed by atoms with van der Waals surface area (Å²) in [5.74, 6) is 0. The Hall–Kier alpha value is -1.31. The second-order valence-electron chi connectivity index (χ2n) is 4.23. The van der Waals surface area contributed by atoms with E-state index in [1.54, 1.807) is 0 Å². The first-order valence-corrected chi connectivity index (χ1v) is 6.58. The number of benzene rings is 1. The Morgan fingerprint density at radius 1 is 1.12 bits per heavy atom. The van der Waals surface area contributed by atoms with Gasteiger partial charge in [0.2, 0.25) is 0 Å². The average Bonchev–Trinajstić information content (AvgIpc) is 2.38. The van der Waals surface area contributed by atoms with Crippen LogP contribution in [0.15, 0.2) is 35.5 Å². The Bertz CT molecular complexity index is 319. The van der Waals surface area contributed by atoms with E-state index in [0.29, 0.717) is 6.61 Å². The van der Waals surface area contributed by atoms with Gasteiger partial charge in [0.1, 0.15) is 6.61 Å².